The summed E-state index contributed by atoms with van der Waals surface area (Å²) in [6.07, 6.45) is 13.7. The van der Waals surface area contributed by atoms with Crippen LogP contribution in [0.2, 0.25) is 0 Å². The van der Waals surface area contributed by atoms with Gasteiger partial charge in [0.25, 0.3) is 20.0 Å². The van der Waals surface area contributed by atoms with Crippen molar-refractivity contribution in [2.24, 2.45) is 11.8 Å². The number of hydrogen-bond donors (Lipinski definition) is 5. The zero-order valence-corrected chi connectivity index (χ0v) is 41.5. The van der Waals surface area contributed by atoms with Gasteiger partial charge in [0, 0.05) is 43.3 Å². The van der Waals surface area contributed by atoms with E-state index in [4.69, 9.17) is 14.2 Å². The number of fused-ring (bicyclic) bond motifs is 6. The van der Waals surface area contributed by atoms with Gasteiger partial charge in [-0.3, -0.25) is 0 Å². The third kappa shape index (κ3) is 10.2. The first kappa shape index (κ1) is 48.2. The number of amides is 5. The molecule has 372 valence electrons. The Balaban J connectivity index is 0.000000175. The summed E-state index contributed by atoms with van der Waals surface area (Å²) in [4.78, 5) is 39.1. The molecule has 2 unspecified atom stereocenters. The molecule has 6 aliphatic rings. The van der Waals surface area contributed by atoms with Gasteiger partial charge in [0.2, 0.25) is 11.8 Å². The topological polar surface area (TPSA) is 246 Å². The Labute approximate surface area is 402 Å². The van der Waals surface area contributed by atoms with Gasteiger partial charge in [0.05, 0.1) is 38.7 Å². The fourth-order valence-corrected chi connectivity index (χ4v) is 12.5. The highest BCUT2D eigenvalue weighted by molar-refractivity contribution is 7.90. The summed E-state index contributed by atoms with van der Waals surface area (Å²) in [5.41, 5.74) is 10.5. The summed E-state index contributed by atoms with van der Waals surface area (Å²) < 4.78 is 76.2. The van der Waals surface area contributed by atoms with Crippen LogP contribution in [0.1, 0.15) is 91.0 Å². The summed E-state index contributed by atoms with van der Waals surface area (Å²) in [6, 6.07) is 2.96. The molecule has 0 fully saturated rings. The minimum atomic E-state index is -4.24. The SMILES string of the molecule is CN(CC1COc2c(S(=O)(=O)NC(=O)Nc3c4c(cc5c3CCC5)CCC4)cnn2C1)C(=O)OC(C)(C)C.CNCC1COc2c(S(=O)(=O)NC(=O)Nc3c4c(cc5c3CCC5)CCC4)cnn2C1. The first-order valence-electron chi connectivity index (χ1n) is 23.8. The Kier molecular flexibility index (Phi) is 13.4. The second kappa shape index (κ2) is 19.1. The Morgan fingerprint density at radius 2 is 1.09 bits per heavy atom. The summed E-state index contributed by atoms with van der Waals surface area (Å²) in [6.45, 7) is 7.98. The summed E-state index contributed by atoms with van der Waals surface area (Å²) >= 11 is 0. The average molecular weight is 991 g/mol. The van der Waals surface area contributed by atoms with Gasteiger partial charge in [-0.25, -0.2) is 50.0 Å². The van der Waals surface area contributed by atoms with Gasteiger partial charge >= 0.3 is 18.2 Å². The van der Waals surface area contributed by atoms with Crippen molar-refractivity contribution in [3.63, 3.8) is 0 Å². The molecule has 0 radical (unpaired) electrons. The van der Waals surface area contributed by atoms with Gasteiger partial charge < -0.3 is 35.1 Å². The first-order valence-corrected chi connectivity index (χ1v) is 26.8. The number of rotatable bonds is 10. The van der Waals surface area contributed by atoms with Crippen LogP contribution in [0.3, 0.4) is 0 Å². The van der Waals surface area contributed by atoms with Crippen LogP contribution >= 0.6 is 0 Å². The van der Waals surface area contributed by atoms with Crippen molar-refractivity contribution in [1.29, 1.82) is 0 Å². The predicted molar refractivity (Wildman–Crippen MR) is 255 cm³/mol. The van der Waals surface area contributed by atoms with Crippen molar-refractivity contribution in [3.05, 3.63) is 69.0 Å². The van der Waals surface area contributed by atoms with E-state index >= 15 is 0 Å². The van der Waals surface area contributed by atoms with E-state index in [0.717, 1.165) is 117 Å². The Hall–Kier alpha value is -5.87. The molecule has 0 bridgehead atoms. The predicted octanol–water partition coefficient (Wildman–Crippen LogP) is 4.85. The molecule has 2 aromatic carbocycles. The summed E-state index contributed by atoms with van der Waals surface area (Å²) in [5, 5.41) is 17.1. The van der Waals surface area contributed by atoms with Gasteiger partial charge in [0.15, 0.2) is 9.79 Å². The second-order valence-electron chi connectivity index (χ2n) is 19.9. The lowest BCUT2D eigenvalue weighted by molar-refractivity contribution is 0.0232. The molecule has 4 heterocycles. The molecule has 4 aliphatic carbocycles. The number of carbonyl (C=O) groups is 3. The number of ether oxygens (including phenoxy) is 3. The first-order chi connectivity index (χ1) is 32.9. The normalized spacial score (nSPS) is 18.7. The van der Waals surface area contributed by atoms with Crippen molar-refractivity contribution >= 4 is 49.6 Å². The number of benzene rings is 2. The number of hydrogen-bond acceptors (Lipinski definition) is 13. The van der Waals surface area contributed by atoms with E-state index in [-0.39, 0.29) is 40.0 Å². The number of urea groups is 2. The molecule has 4 aromatic rings. The van der Waals surface area contributed by atoms with Crippen molar-refractivity contribution in [3.8, 4) is 11.8 Å². The van der Waals surface area contributed by atoms with E-state index in [2.05, 4.69) is 47.7 Å². The largest absolute Gasteiger partial charge is 0.476 e. The fraction of sp³-hybridized carbons (Fsp3) is 0.553. The van der Waals surface area contributed by atoms with Crippen LogP contribution in [0.15, 0.2) is 34.3 Å². The van der Waals surface area contributed by atoms with Crippen molar-refractivity contribution in [2.45, 2.75) is 126 Å². The van der Waals surface area contributed by atoms with Crippen LogP contribution in [0.5, 0.6) is 11.8 Å². The maximum atomic E-state index is 13.1. The fourth-order valence-electron chi connectivity index (χ4n) is 10.5. The molecule has 0 saturated heterocycles. The number of carbonyl (C=O) groups excluding carboxylic acids is 3. The number of aryl methyl sites for hydroxylation is 4. The monoisotopic (exact) mass is 990 g/mol. The molecule has 22 heteroatoms. The molecular formula is C47H62N10O10S2. The second-order valence-corrected chi connectivity index (χ2v) is 23.2. The minimum Gasteiger partial charge on any atom is -0.476 e. The number of sulfonamides is 2. The van der Waals surface area contributed by atoms with E-state index in [0.29, 0.717) is 26.2 Å². The van der Waals surface area contributed by atoms with Crippen LogP contribution in [-0.2, 0) is 89.2 Å². The molecule has 69 heavy (non-hydrogen) atoms. The van der Waals surface area contributed by atoms with Gasteiger partial charge in [-0.2, -0.15) is 10.2 Å². The van der Waals surface area contributed by atoms with Crippen molar-refractivity contribution in [2.75, 3.05) is 51.0 Å². The van der Waals surface area contributed by atoms with Gasteiger partial charge in [-0.15, -0.1) is 0 Å². The third-order valence-corrected chi connectivity index (χ3v) is 16.1. The highest BCUT2D eigenvalue weighted by Crippen LogP contribution is 2.40. The molecule has 2 aromatic heterocycles. The van der Waals surface area contributed by atoms with Crippen molar-refractivity contribution < 1.29 is 45.4 Å². The molecule has 20 nitrogen and oxygen atoms in total. The van der Waals surface area contributed by atoms with E-state index in [9.17, 15) is 31.2 Å². The minimum absolute atomic E-state index is 0.0722. The zero-order chi connectivity index (χ0) is 48.8. The van der Waals surface area contributed by atoms with Gasteiger partial charge in [-0.05, 0) is 149 Å². The highest BCUT2D eigenvalue weighted by atomic mass is 32.2. The average Bonchev–Trinajstić information content (AvgIpc) is 4.14. The zero-order valence-electron chi connectivity index (χ0n) is 39.8. The van der Waals surface area contributed by atoms with E-state index in [1.54, 1.807) is 27.8 Å². The Bertz CT molecular complexity index is 2840. The molecule has 5 amide bonds. The van der Waals surface area contributed by atoms with Crippen LogP contribution in [0.4, 0.5) is 25.8 Å². The van der Waals surface area contributed by atoms with Crippen molar-refractivity contribution in [1.82, 2.24) is 39.2 Å². The molecule has 0 saturated carbocycles. The summed E-state index contributed by atoms with van der Waals surface area (Å²) in [7, 11) is -4.86. The van der Waals surface area contributed by atoms with E-state index in [1.807, 2.05) is 7.05 Å². The lowest BCUT2D eigenvalue weighted by Crippen LogP contribution is -2.41. The Morgan fingerprint density at radius 3 is 1.49 bits per heavy atom. The third-order valence-electron chi connectivity index (χ3n) is 13.5. The van der Waals surface area contributed by atoms with Gasteiger partial charge in [-0.1, -0.05) is 12.1 Å². The van der Waals surface area contributed by atoms with Crippen LogP contribution in [0, 0.1) is 11.8 Å². The molecule has 10 rings (SSSR count). The van der Waals surface area contributed by atoms with Crippen LogP contribution in [-0.4, -0.2) is 105 Å². The lowest BCUT2D eigenvalue weighted by Gasteiger charge is -2.30. The summed E-state index contributed by atoms with van der Waals surface area (Å²) in [5.74, 6) is 0.331. The van der Waals surface area contributed by atoms with E-state index in [1.165, 1.54) is 48.9 Å². The lowest BCUT2D eigenvalue weighted by atomic mass is 9.99. The van der Waals surface area contributed by atoms with E-state index < -0.39 is 43.8 Å². The molecule has 5 N–H and O–H groups in total. The number of nitrogens with one attached hydrogen (secondary N) is 5. The quantitative estimate of drug-likeness (QED) is 0.143. The standard InChI is InChI=1S/C26H35N5O6S.C21H27N5O4S/c1-26(2,3)37-25(33)30(4)13-16-14-31-23(36-15-16)21(12-27-31)38(34,35)29-24(32)28-22-19-9-5-7-17(19)11-18-8-6-10-20(18)22;1-22-9-13-11-26-20(30-12-13)18(10-23-26)31(28,29)25-21(27)24-19-16-6-2-4-14(16)8-15-5-3-7-17(15)19/h11-12,16H,5-10,13-15H2,1-4H3,(H2,28,29,32);8,10,13,22H,2-7,9,11-12H2,1H3,(H2,24,25,27). The van der Waals surface area contributed by atoms with Crippen LogP contribution in [0.25, 0.3) is 0 Å². The van der Waals surface area contributed by atoms with Crippen LogP contribution < -0.4 is 34.9 Å². The molecule has 2 atom stereocenters. The van der Waals surface area contributed by atoms with Gasteiger partial charge in [0.1, 0.15) is 5.60 Å². The number of nitrogens with zero attached hydrogens (tertiary/aromatic N) is 5. The molecule has 2 aliphatic heterocycles. The maximum Gasteiger partial charge on any atom is 0.410 e. The Morgan fingerprint density at radius 1 is 0.681 bits per heavy atom. The molecular weight excluding hydrogens is 929 g/mol. The maximum absolute atomic E-state index is 13.1. The smallest absolute Gasteiger partial charge is 0.410 e. The number of anilines is 2. The molecule has 0 spiro atoms. The number of aromatic nitrogens is 4. The highest BCUT2D eigenvalue weighted by Gasteiger charge is 2.35.